The van der Waals surface area contributed by atoms with E-state index in [0.29, 0.717) is 43.2 Å². The maximum atomic E-state index is 13.0. The van der Waals surface area contributed by atoms with E-state index in [-0.39, 0.29) is 18.1 Å². The van der Waals surface area contributed by atoms with Gasteiger partial charge in [-0.25, -0.2) is 4.98 Å². The summed E-state index contributed by atoms with van der Waals surface area (Å²) in [5.41, 5.74) is 3.30. The van der Waals surface area contributed by atoms with Crippen molar-refractivity contribution in [2.75, 3.05) is 39.9 Å². The van der Waals surface area contributed by atoms with E-state index in [1.807, 2.05) is 30.0 Å². The first kappa shape index (κ1) is 22.9. The Morgan fingerprint density at radius 2 is 2.14 bits per heavy atom. The first-order chi connectivity index (χ1) is 17.1. The first-order valence-corrected chi connectivity index (χ1v) is 11.5. The molecule has 180 valence electrons. The summed E-state index contributed by atoms with van der Waals surface area (Å²) in [5, 5.41) is 20.6. The highest BCUT2D eigenvalue weighted by Gasteiger charge is 2.36. The van der Waals surface area contributed by atoms with E-state index in [0.717, 1.165) is 29.8 Å². The van der Waals surface area contributed by atoms with Gasteiger partial charge in [0.25, 0.3) is 0 Å². The fraction of sp³-hybridized carbons (Fsp3) is 0.417. The van der Waals surface area contributed by atoms with Crippen LogP contribution in [0.4, 0.5) is 0 Å². The van der Waals surface area contributed by atoms with E-state index in [1.165, 1.54) is 11.0 Å². The SMILES string of the molecule is COc1ccc(C2CN3CCN(C(=O)Cc4ccc(-n5cnnn5)nc4)CC3CO2)c(C)c1C#N. The molecule has 2 aromatic heterocycles. The number of benzene rings is 1. The molecule has 2 atom stereocenters. The second-order valence-electron chi connectivity index (χ2n) is 8.74. The lowest BCUT2D eigenvalue weighted by molar-refractivity contribution is -0.139. The van der Waals surface area contributed by atoms with Gasteiger partial charge in [-0.3, -0.25) is 9.69 Å². The van der Waals surface area contributed by atoms with Gasteiger partial charge >= 0.3 is 0 Å². The Morgan fingerprint density at radius 1 is 1.26 bits per heavy atom. The molecule has 4 heterocycles. The monoisotopic (exact) mass is 474 g/mol. The van der Waals surface area contributed by atoms with Crippen LogP contribution in [0.15, 0.2) is 36.8 Å². The molecule has 2 aliphatic heterocycles. The average molecular weight is 475 g/mol. The van der Waals surface area contributed by atoms with Crippen LogP contribution in [0, 0.1) is 18.3 Å². The van der Waals surface area contributed by atoms with Gasteiger partial charge in [0.2, 0.25) is 5.91 Å². The van der Waals surface area contributed by atoms with E-state index in [2.05, 4.69) is 31.5 Å². The van der Waals surface area contributed by atoms with Crippen LogP contribution in [0.5, 0.6) is 5.75 Å². The van der Waals surface area contributed by atoms with Crippen molar-refractivity contribution in [3.63, 3.8) is 0 Å². The number of morpholine rings is 1. The van der Waals surface area contributed by atoms with Gasteiger partial charge in [-0.15, -0.1) is 5.10 Å². The Labute approximate surface area is 202 Å². The molecule has 2 saturated heterocycles. The topological polar surface area (TPSA) is 122 Å². The zero-order valence-corrected chi connectivity index (χ0v) is 19.7. The number of piperazine rings is 1. The van der Waals surface area contributed by atoms with Crippen molar-refractivity contribution in [1.82, 2.24) is 35.0 Å². The molecule has 11 heteroatoms. The smallest absolute Gasteiger partial charge is 0.227 e. The van der Waals surface area contributed by atoms with Crippen molar-refractivity contribution in [3.8, 4) is 17.6 Å². The van der Waals surface area contributed by atoms with Crippen molar-refractivity contribution in [1.29, 1.82) is 5.26 Å². The Balaban J connectivity index is 1.19. The van der Waals surface area contributed by atoms with Crippen LogP contribution < -0.4 is 4.74 Å². The van der Waals surface area contributed by atoms with Crippen LogP contribution in [0.1, 0.15) is 28.4 Å². The molecule has 0 saturated carbocycles. The van der Waals surface area contributed by atoms with Gasteiger partial charge in [0.15, 0.2) is 5.82 Å². The minimum absolute atomic E-state index is 0.0772. The molecule has 0 spiro atoms. The number of rotatable bonds is 5. The molecule has 0 N–H and O–H groups in total. The molecule has 0 aliphatic carbocycles. The van der Waals surface area contributed by atoms with Crippen LogP contribution in [-0.4, -0.2) is 86.8 Å². The number of methoxy groups -OCH3 is 1. The highest BCUT2D eigenvalue weighted by atomic mass is 16.5. The van der Waals surface area contributed by atoms with Gasteiger partial charge in [-0.05, 0) is 46.2 Å². The molecule has 1 amide bonds. The molecule has 3 aromatic rings. The summed E-state index contributed by atoms with van der Waals surface area (Å²) in [4.78, 5) is 21.6. The van der Waals surface area contributed by atoms with Gasteiger partial charge < -0.3 is 14.4 Å². The van der Waals surface area contributed by atoms with Crippen LogP contribution in [-0.2, 0) is 16.0 Å². The van der Waals surface area contributed by atoms with E-state index in [4.69, 9.17) is 9.47 Å². The summed E-state index contributed by atoms with van der Waals surface area (Å²) in [5.74, 6) is 1.26. The standard InChI is InChI=1S/C24H26N8O3/c1-16-19(4-5-21(34-2)20(16)10-25)22-13-30-7-8-31(12-18(30)14-35-22)24(33)9-17-3-6-23(26-11-17)32-15-27-28-29-32/h3-6,11,15,18,22H,7-9,12-14H2,1-2H3. The lowest BCUT2D eigenvalue weighted by atomic mass is 9.96. The minimum atomic E-state index is -0.115. The number of ether oxygens (including phenoxy) is 2. The number of hydrogen-bond donors (Lipinski definition) is 0. The second-order valence-corrected chi connectivity index (χ2v) is 8.74. The van der Waals surface area contributed by atoms with E-state index < -0.39 is 0 Å². The zero-order chi connectivity index (χ0) is 24.4. The summed E-state index contributed by atoms with van der Waals surface area (Å²) in [6, 6.07) is 9.88. The fourth-order valence-corrected chi connectivity index (χ4v) is 4.77. The molecule has 1 aromatic carbocycles. The van der Waals surface area contributed by atoms with Gasteiger partial charge in [0.05, 0.1) is 37.8 Å². The minimum Gasteiger partial charge on any atom is -0.495 e. The highest BCUT2D eigenvalue weighted by molar-refractivity contribution is 5.79. The Hall–Kier alpha value is -3.88. The van der Waals surface area contributed by atoms with E-state index in [9.17, 15) is 10.1 Å². The molecule has 2 unspecified atom stereocenters. The third-order valence-corrected chi connectivity index (χ3v) is 6.74. The highest BCUT2D eigenvalue weighted by Crippen LogP contribution is 2.33. The van der Waals surface area contributed by atoms with E-state index >= 15 is 0 Å². The van der Waals surface area contributed by atoms with Gasteiger partial charge in [0.1, 0.15) is 18.1 Å². The number of aromatic nitrogens is 5. The number of nitriles is 1. The maximum Gasteiger partial charge on any atom is 0.227 e. The number of carbonyl (C=O) groups is 1. The van der Waals surface area contributed by atoms with Crippen LogP contribution in [0.3, 0.4) is 0 Å². The van der Waals surface area contributed by atoms with Crippen molar-refractivity contribution in [2.24, 2.45) is 0 Å². The second kappa shape index (κ2) is 9.77. The third kappa shape index (κ3) is 4.58. The molecule has 5 rings (SSSR count). The Kier molecular flexibility index (Phi) is 6.39. The molecule has 2 aliphatic rings. The van der Waals surface area contributed by atoms with Crippen LogP contribution >= 0.6 is 0 Å². The van der Waals surface area contributed by atoms with Crippen molar-refractivity contribution in [3.05, 3.63) is 59.0 Å². The van der Waals surface area contributed by atoms with Crippen LogP contribution in [0.25, 0.3) is 5.82 Å². The summed E-state index contributed by atoms with van der Waals surface area (Å²) in [7, 11) is 1.57. The molecule has 11 nitrogen and oxygen atoms in total. The number of tetrazole rings is 1. The molecular weight excluding hydrogens is 448 g/mol. The van der Waals surface area contributed by atoms with Crippen molar-refractivity contribution < 1.29 is 14.3 Å². The third-order valence-electron chi connectivity index (χ3n) is 6.74. The summed E-state index contributed by atoms with van der Waals surface area (Å²) in [6.07, 6.45) is 3.34. The number of carbonyl (C=O) groups excluding carboxylic acids is 1. The fourth-order valence-electron chi connectivity index (χ4n) is 4.77. The van der Waals surface area contributed by atoms with Gasteiger partial charge in [-0.2, -0.15) is 9.94 Å². The zero-order valence-electron chi connectivity index (χ0n) is 19.7. The number of amides is 1. The van der Waals surface area contributed by atoms with Crippen LogP contribution in [0.2, 0.25) is 0 Å². The normalized spacial score (nSPS) is 20.2. The Bertz CT molecular complexity index is 1240. The number of nitrogens with zero attached hydrogens (tertiary/aromatic N) is 8. The predicted octanol–water partition coefficient (Wildman–Crippen LogP) is 1.07. The summed E-state index contributed by atoms with van der Waals surface area (Å²) in [6.45, 7) is 5.28. The molecule has 0 bridgehead atoms. The number of fused-ring (bicyclic) bond motifs is 1. The molecular formula is C24H26N8O3. The number of pyridine rings is 1. The maximum absolute atomic E-state index is 13.0. The van der Waals surface area contributed by atoms with Gasteiger partial charge in [0, 0.05) is 32.4 Å². The van der Waals surface area contributed by atoms with Crippen molar-refractivity contribution >= 4 is 5.91 Å². The van der Waals surface area contributed by atoms with E-state index in [1.54, 1.807) is 19.4 Å². The predicted molar refractivity (Wildman–Crippen MR) is 124 cm³/mol. The average Bonchev–Trinajstić information content (AvgIpc) is 3.43. The number of hydrogen-bond acceptors (Lipinski definition) is 9. The Morgan fingerprint density at radius 3 is 2.86 bits per heavy atom. The quantitative estimate of drug-likeness (QED) is 0.534. The summed E-state index contributed by atoms with van der Waals surface area (Å²) >= 11 is 0. The largest absolute Gasteiger partial charge is 0.495 e. The molecule has 0 radical (unpaired) electrons. The summed E-state index contributed by atoms with van der Waals surface area (Å²) < 4.78 is 13.0. The van der Waals surface area contributed by atoms with Gasteiger partial charge in [-0.1, -0.05) is 12.1 Å². The first-order valence-electron chi connectivity index (χ1n) is 11.5. The lowest BCUT2D eigenvalue weighted by Gasteiger charge is -2.46. The molecule has 2 fully saturated rings. The molecule has 35 heavy (non-hydrogen) atoms. The van der Waals surface area contributed by atoms with Crippen molar-refractivity contribution in [2.45, 2.75) is 25.5 Å². The lowest BCUT2D eigenvalue weighted by Crippen LogP contribution is -2.59.